The zero-order chi connectivity index (χ0) is 52.2. The van der Waals surface area contributed by atoms with Crippen LogP contribution in [0.25, 0.3) is 0 Å². The summed E-state index contributed by atoms with van der Waals surface area (Å²) >= 11 is 4.09. The van der Waals surface area contributed by atoms with Gasteiger partial charge in [0.1, 0.15) is 60.4 Å². The van der Waals surface area contributed by atoms with Gasteiger partial charge in [0.15, 0.2) is 0 Å². The summed E-state index contributed by atoms with van der Waals surface area (Å²) in [6.07, 6.45) is -4.78. The summed E-state index contributed by atoms with van der Waals surface area (Å²) < 4.78 is 0. The highest BCUT2D eigenvalue weighted by Gasteiger charge is 2.45. The maximum absolute atomic E-state index is 14.0. The van der Waals surface area contributed by atoms with Crippen molar-refractivity contribution >= 4 is 77.6 Å². The number of carbonyl (C=O) groups is 11. The zero-order valence-electron chi connectivity index (χ0n) is 39.2. The third-order valence-electron chi connectivity index (χ3n) is 12.1. The van der Waals surface area contributed by atoms with E-state index in [4.69, 9.17) is 17.2 Å². The monoisotopic (exact) mass is 1000 g/mol. The molecule has 3 fully saturated rings. The van der Waals surface area contributed by atoms with E-state index in [1.807, 2.05) is 0 Å². The molecule has 388 valence electrons. The van der Waals surface area contributed by atoms with Gasteiger partial charge in [-0.25, -0.2) is 0 Å². The van der Waals surface area contributed by atoms with E-state index in [1.54, 1.807) is 0 Å². The molecule has 16 N–H and O–H groups in total. The van der Waals surface area contributed by atoms with Crippen LogP contribution in [0.3, 0.4) is 0 Å². The van der Waals surface area contributed by atoms with Gasteiger partial charge >= 0.3 is 0 Å². The van der Waals surface area contributed by atoms with Crippen LogP contribution in [0.4, 0.5) is 0 Å². The molecule has 0 aromatic heterocycles. The Labute approximate surface area is 403 Å². The number of hydrogen-bond acceptors (Lipinski definition) is 17. The Kier molecular flexibility index (Phi) is 21.5. The van der Waals surface area contributed by atoms with Crippen molar-refractivity contribution in [2.24, 2.45) is 17.2 Å². The van der Waals surface area contributed by atoms with Gasteiger partial charge in [-0.2, -0.15) is 12.6 Å². The van der Waals surface area contributed by atoms with E-state index in [2.05, 4.69) is 44.5 Å². The summed E-state index contributed by atoms with van der Waals surface area (Å²) in [5, 5.41) is 54.4. The molecule has 28 heteroatoms. The number of nitrogens with one attached hydrogen (secondary N) is 6. The van der Waals surface area contributed by atoms with Gasteiger partial charge in [0.2, 0.25) is 65.0 Å². The topological polar surface area (TPSA) is 429 Å². The lowest BCUT2D eigenvalue weighted by Crippen LogP contribution is -2.63. The van der Waals surface area contributed by atoms with E-state index >= 15 is 0 Å². The fourth-order valence-electron chi connectivity index (χ4n) is 8.24. The number of rotatable bonds is 23. The molecule has 3 aliphatic rings. The molecule has 14 atom stereocenters. The Bertz CT molecular complexity index is 1940. The molecule has 69 heavy (non-hydrogen) atoms. The van der Waals surface area contributed by atoms with Gasteiger partial charge in [-0.3, -0.25) is 52.7 Å². The van der Waals surface area contributed by atoms with Crippen molar-refractivity contribution in [3.8, 4) is 0 Å². The van der Waals surface area contributed by atoms with E-state index in [1.165, 1.54) is 42.4 Å². The predicted molar refractivity (Wildman–Crippen MR) is 243 cm³/mol. The highest BCUT2D eigenvalue weighted by atomic mass is 32.1. The van der Waals surface area contributed by atoms with E-state index in [-0.39, 0.29) is 44.6 Å². The van der Waals surface area contributed by atoms with Gasteiger partial charge < -0.3 is 84.2 Å². The molecular weight excluding hydrogens is 933 g/mol. The van der Waals surface area contributed by atoms with Gasteiger partial charge in [0.05, 0.1) is 30.8 Å². The number of thiol groups is 1. The largest absolute Gasteiger partial charge is 0.391 e. The minimum Gasteiger partial charge on any atom is -0.391 e. The van der Waals surface area contributed by atoms with Crippen LogP contribution in [0.2, 0.25) is 0 Å². The van der Waals surface area contributed by atoms with Gasteiger partial charge in [-0.1, -0.05) is 0 Å². The second kappa shape index (κ2) is 25.8. The zero-order valence-corrected chi connectivity index (χ0v) is 40.1. The molecule has 11 amide bonds. The molecule has 0 aromatic rings. The average molecular weight is 1000 g/mol. The Balaban J connectivity index is 1.66. The summed E-state index contributed by atoms with van der Waals surface area (Å²) in [6.45, 7) is 6.44. The summed E-state index contributed by atoms with van der Waals surface area (Å²) in [5.41, 5.74) is 16.3. The quantitative estimate of drug-likeness (QED) is 0.0423. The number of amides is 11. The fraction of sp³-hybridized carbons (Fsp3) is 0.732. The molecule has 0 aromatic carbocycles. The van der Waals surface area contributed by atoms with Crippen molar-refractivity contribution in [2.45, 2.75) is 164 Å². The second-order valence-electron chi connectivity index (χ2n) is 17.6. The number of likely N-dealkylation sites (tertiary alicyclic amines) is 3. The smallest absolute Gasteiger partial charge is 0.246 e. The number of aliphatic hydroxyl groups is 4. The lowest BCUT2D eigenvalue weighted by atomic mass is 10.1. The van der Waals surface area contributed by atoms with Crippen LogP contribution in [0.1, 0.15) is 79.6 Å². The molecule has 0 saturated carbocycles. The molecule has 0 aliphatic carbocycles. The highest BCUT2D eigenvalue weighted by Crippen LogP contribution is 2.27. The Hall–Kier alpha value is -5.68. The van der Waals surface area contributed by atoms with Crippen molar-refractivity contribution < 1.29 is 73.2 Å². The average Bonchev–Trinajstić information content (AvgIpc) is 4.08. The molecule has 3 aliphatic heterocycles. The van der Waals surface area contributed by atoms with Crippen molar-refractivity contribution in [2.75, 3.05) is 25.4 Å². The number of aliphatic hydroxyl groups excluding tert-OH is 4. The maximum Gasteiger partial charge on any atom is 0.246 e. The number of hydrogen-bond donors (Lipinski definition) is 14. The Morgan fingerprint density at radius 1 is 0.536 bits per heavy atom. The van der Waals surface area contributed by atoms with E-state index < -0.39 is 156 Å². The molecule has 27 nitrogen and oxygen atoms in total. The van der Waals surface area contributed by atoms with Crippen LogP contribution >= 0.6 is 12.6 Å². The maximum atomic E-state index is 14.0. The number of nitrogens with zero attached hydrogens (tertiary/aromatic N) is 3. The Morgan fingerprint density at radius 2 is 0.971 bits per heavy atom. The van der Waals surface area contributed by atoms with Crippen molar-refractivity contribution in [1.29, 1.82) is 0 Å². The standard InChI is InChI=1S/C41H68N12O15S/c1-17(45-34(61)24-9-7-13-52(24)41(68)26-11-8-14-53(26)40(67)22(15-27(42)58)46-36(63)28(43)18(2)54)39(66)51-12-6-10-25(51)35(62)50-30(20(4)56)37(64)47-23(16-69)33(60)49-31(21(5)57)38(65)48-29(19(3)55)32(44)59/h17-26,28-31,54-57,69H,6-16,43H2,1-5H3,(H2,42,58)(H2,44,59)(H,45,61)(H,46,63)(H,47,64)(H,48,65)(H,49,60)(H,50,62). The molecular formula is C41H68N12O15S. The third kappa shape index (κ3) is 15.2. The first-order valence-corrected chi connectivity index (χ1v) is 23.3. The summed E-state index contributed by atoms with van der Waals surface area (Å²) in [7, 11) is 0. The number of carbonyl (C=O) groups excluding carboxylic acids is 11. The van der Waals surface area contributed by atoms with Gasteiger partial charge in [-0.05, 0) is 73.1 Å². The fourth-order valence-corrected chi connectivity index (χ4v) is 8.49. The summed E-state index contributed by atoms with van der Waals surface area (Å²) in [6, 6.07) is -13.9. The highest BCUT2D eigenvalue weighted by molar-refractivity contribution is 7.80. The lowest BCUT2D eigenvalue weighted by molar-refractivity contribution is -0.149. The van der Waals surface area contributed by atoms with Gasteiger partial charge in [0, 0.05) is 25.4 Å². The Morgan fingerprint density at radius 3 is 1.46 bits per heavy atom. The molecule has 3 heterocycles. The van der Waals surface area contributed by atoms with Crippen LogP contribution in [0.5, 0.6) is 0 Å². The van der Waals surface area contributed by atoms with E-state index in [0.717, 1.165) is 6.92 Å². The number of primary amides is 2. The SMILES string of the molecule is CC(NC(=O)C1CCCN1C(=O)C1CCCN1C(=O)C(CC(N)=O)NC(=O)C(N)C(C)O)C(=O)N1CCCC1C(=O)NC(C(=O)NC(CS)C(=O)NC(C(=O)NC(C(N)=O)C(C)O)C(C)O)C(C)O. The number of nitrogens with two attached hydrogens (primary N) is 3. The van der Waals surface area contributed by atoms with Crippen LogP contribution < -0.4 is 49.1 Å². The molecule has 14 unspecified atom stereocenters. The first-order valence-electron chi connectivity index (χ1n) is 22.6. The molecule has 0 spiro atoms. The van der Waals surface area contributed by atoms with Crippen molar-refractivity contribution in [3.63, 3.8) is 0 Å². The first kappa shape index (κ1) is 57.6. The van der Waals surface area contributed by atoms with Gasteiger partial charge in [-0.15, -0.1) is 0 Å². The molecule has 3 saturated heterocycles. The minimum atomic E-state index is -1.70. The predicted octanol–water partition coefficient (Wildman–Crippen LogP) is -7.97. The van der Waals surface area contributed by atoms with Crippen LogP contribution in [0, 0.1) is 0 Å². The van der Waals surface area contributed by atoms with E-state index in [0.29, 0.717) is 19.3 Å². The summed E-state index contributed by atoms with van der Waals surface area (Å²) in [5.74, 6) is -10.1. The lowest BCUT2D eigenvalue weighted by Gasteiger charge is -2.33. The molecule has 3 rings (SSSR count). The van der Waals surface area contributed by atoms with Crippen LogP contribution in [-0.4, -0.2) is 210 Å². The second-order valence-corrected chi connectivity index (χ2v) is 18.0. The third-order valence-corrected chi connectivity index (χ3v) is 12.5. The van der Waals surface area contributed by atoms with Crippen LogP contribution in [-0.2, 0) is 52.7 Å². The molecule has 0 radical (unpaired) electrons. The van der Waals surface area contributed by atoms with Crippen molar-refractivity contribution in [1.82, 2.24) is 46.6 Å². The van der Waals surface area contributed by atoms with Crippen molar-refractivity contribution in [3.05, 3.63) is 0 Å². The molecule has 0 bridgehead atoms. The summed E-state index contributed by atoms with van der Waals surface area (Å²) in [4.78, 5) is 148. The minimum absolute atomic E-state index is 0.0712. The normalized spacial score (nSPS) is 22.8. The van der Waals surface area contributed by atoms with E-state index in [9.17, 15) is 73.2 Å². The first-order chi connectivity index (χ1) is 32.2. The van der Waals surface area contributed by atoms with Crippen LogP contribution in [0.15, 0.2) is 0 Å². The van der Waals surface area contributed by atoms with Gasteiger partial charge in [0.25, 0.3) is 0 Å².